The van der Waals surface area contributed by atoms with Gasteiger partial charge in [0.25, 0.3) is 11.5 Å². The molecule has 2 aromatic carbocycles. The van der Waals surface area contributed by atoms with Gasteiger partial charge in [-0.2, -0.15) is 23.4 Å². The number of carbonyl (C=O) groups excluding carboxylic acids is 1. The quantitative estimate of drug-likeness (QED) is 0.259. The number of alkyl halides is 3. The van der Waals surface area contributed by atoms with E-state index in [1.165, 1.54) is 29.9 Å². The Kier molecular flexibility index (Phi) is 8.95. The maximum Gasteiger partial charge on any atom is 0.417 e. The lowest BCUT2D eigenvalue weighted by Gasteiger charge is -2.26. The van der Waals surface area contributed by atoms with E-state index >= 15 is 0 Å². The fourth-order valence-electron chi connectivity index (χ4n) is 5.47. The zero-order chi connectivity index (χ0) is 32.3. The van der Waals surface area contributed by atoms with Crippen LogP contribution < -0.4 is 10.9 Å². The van der Waals surface area contributed by atoms with Crippen LogP contribution in [0.3, 0.4) is 0 Å². The molecule has 6 rings (SSSR count). The second kappa shape index (κ2) is 13.2. The third-order valence-electron chi connectivity index (χ3n) is 8.03. The summed E-state index contributed by atoms with van der Waals surface area (Å²) >= 11 is 0. The van der Waals surface area contributed by atoms with Crippen LogP contribution in [0.5, 0.6) is 0 Å². The number of aromatic nitrogens is 5. The molecular formula is C33H32F3N7O3. The highest BCUT2D eigenvalue weighted by Crippen LogP contribution is 2.34. The van der Waals surface area contributed by atoms with E-state index < -0.39 is 23.2 Å². The Labute approximate surface area is 262 Å². The van der Waals surface area contributed by atoms with Crippen molar-refractivity contribution in [2.75, 3.05) is 39.9 Å². The van der Waals surface area contributed by atoms with Crippen LogP contribution in [-0.2, 0) is 30.4 Å². The van der Waals surface area contributed by atoms with Crippen LogP contribution in [0.4, 0.5) is 13.2 Å². The van der Waals surface area contributed by atoms with Crippen molar-refractivity contribution in [3.05, 3.63) is 100 Å². The average molecular weight is 632 g/mol. The number of nitrogens with zero attached hydrogens (tertiary/aromatic N) is 6. The molecule has 0 radical (unpaired) electrons. The Bertz CT molecular complexity index is 1930. The van der Waals surface area contributed by atoms with E-state index in [2.05, 4.69) is 31.5 Å². The molecule has 1 aliphatic rings. The summed E-state index contributed by atoms with van der Waals surface area (Å²) in [4.78, 5) is 31.6. The van der Waals surface area contributed by atoms with Gasteiger partial charge in [-0.15, -0.1) is 0 Å². The largest absolute Gasteiger partial charge is 0.417 e. The van der Waals surface area contributed by atoms with Gasteiger partial charge in [-0.05, 0) is 48.4 Å². The molecule has 0 bridgehead atoms. The average Bonchev–Trinajstić information content (AvgIpc) is 3.55. The number of aryl methyl sites for hydroxylation is 2. The number of carbonyl (C=O) groups is 1. The summed E-state index contributed by atoms with van der Waals surface area (Å²) in [6.07, 6.45) is 1.38. The minimum absolute atomic E-state index is 0.141. The topological polar surface area (TPSA) is 107 Å². The first kappa shape index (κ1) is 31.1. The Morgan fingerprint density at radius 2 is 1.76 bits per heavy atom. The van der Waals surface area contributed by atoms with E-state index in [9.17, 15) is 22.8 Å². The van der Waals surface area contributed by atoms with Gasteiger partial charge in [0.2, 0.25) is 0 Å². The molecule has 0 aliphatic carbocycles. The minimum Gasteiger partial charge on any atom is -0.379 e. The second-order valence-electron chi connectivity index (χ2n) is 11.1. The van der Waals surface area contributed by atoms with E-state index in [4.69, 9.17) is 4.74 Å². The third kappa shape index (κ3) is 7.00. The summed E-state index contributed by atoms with van der Waals surface area (Å²) in [6.45, 7) is 5.28. The summed E-state index contributed by atoms with van der Waals surface area (Å²) in [5.41, 5.74) is 2.06. The van der Waals surface area contributed by atoms with Gasteiger partial charge in [-0.25, -0.2) is 4.68 Å². The molecule has 1 fully saturated rings. The van der Waals surface area contributed by atoms with Gasteiger partial charge in [0.1, 0.15) is 0 Å². The molecule has 1 N–H and O–H groups in total. The lowest BCUT2D eigenvalue weighted by molar-refractivity contribution is -0.137. The molecule has 4 heterocycles. The van der Waals surface area contributed by atoms with E-state index in [-0.39, 0.29) is 23.4 Å². The number of benzene rings is 2. The highest BCUT2D eigenvalue weighted by atomic mass is 19.4. The van der Waals surface area contributed by atoms with Crippen LogP contribution >= 0.6 is 0 Å². The number of rotatable bonds is 9. The van der Waals surface area contributed by atoms with Crippen LogP contribution in [0.25, 0.3) is 33.3 Å². The molecule has 0 atom stereocenters. The maximum absolute atomic E-state index is 13.8. The number of hydrogen-bond donors (Lipinski definition) is 1. The van der Waals surface area contributed by atoms with E-state index in [1.807, 2.05) is 41.5 Å². The van der Waals surface area contributed by atoms with Gasteiger partial charge in [-0.1, -0.05) is 12.1 Å². The normalized spacial score (nSPS) is 14.1. The maximum atomic E-state index is 13.8. The molecular weight excluding hydrogens is 599 g/mol. The van der Waals surface area contributed by atoms with E-state index in [1.54, 1.807) is 0 Å². The lowest BCUT2D eigenvalue weighted by Crippen LogP contribution is -2.38. The third-order valence-corrected chi connectivity index (χ3v) is 8.03. The molecule has 0 saturated carbocycles. The van der Waals surface area contributed by atoms with Crippen LogP contribution in [-0.4, -0.2) is 75.2 Å². The summed E-state index contributed by atoms with van der Waals surface area (Å²) in [6, 6.07) is 13.9. The van der Waals surface area contributed by atoms with Gasteiger partial charge in [0, 0.05) is 73.8 Å². The van der Waals surface area contributed by atoms with Crippen molar-refractivity contribution < 1.29 is 22.7 Å². The Hall–Kier alpha value is -4.88. The molecule has 1 aliphatic heterocycles. The first-order valence-corrected chi connectivity index (χ1v) is 14.9. The molecule has 10 nitrogen and oxygen atoms in total. The van der Waals surface area contributed by atoms with Crippen molar-refractivity contribution in [3.63, 3.8) is 0 Å². The molecule has 0 unspecified atom stereocenters. The Morgan fingerprint density at radius 3 is 2.54 bits per heavy atom. The van der Waals surface area contributed by atoms with Gasteiger partial charge in [-0.3, -0.25) is 24.2 Å². The van der Waals surface area contributed by atoms with Gasteiger partial charge in [0.15, 0.2) is 0 Å². The number of morpholine rings is 1. The number of ether oxygens (including phenoxy) is 1. The SMILES string of the molecule is CNC(=O)c1ccc(-c2ccc(=O)n(CCc3ccc4ncc(-c5cnn(CCN6CCOCC6)c5)cc4c3)n2)cc1C(F)(F)F. The molecule has 0 spiro atoms. The van der Waals surface area contributed by atoms with E-state index in [0.717, 1.165) is 79.1 Å². The zero-order valence-electron chi connectivity index (χ0n) is 25.1. The fraction of sp³-hybridized carbons (Fsp3) is 0.303. The number of nitrogens with one attached hydrogen (secondary N) is 1. The zero-order valence-corrected chi connectivity index (χ0v) is 25.1. The number of amides is 1. The van der Waals surface area contributed by atoms with Crippen molar-refractivity contribution in [1.82, 2.24) is 34.8 Å². The second-order valence-corrected chi connectivity index (χ2v) is 11.1. The van der Waals surface area contributed by atoms with Crippen molar-refractivity contribution in [2.45, 2.75) is 25.7 Å². The molecule has 46 heavy (non-hydrogen) atoms. The molecule has 238 valence electrons. The Morgan fingerprint density at radius 1 is 0.935 bits per heavy atom. The number of fused-ring (bicyclic) bond motifs is 1. The van der Waals surface area contributed by atoms with Crippen molar-refractivity contribution in [3.8, 4) is 22.4 Å². The predicted octanol–water partition coefficient (Wildman–Crippen LogP) is 4.28. The molecule has 13 heteroatoms. The summed E-state index contributed by atoms with van der Waals surface area (Å²) < 4.78 is 49.8. The first-order chi connectivity index (χ1) is 22.2. The lowest BCUT2D eigenvalue weighted by atomic mass is 10.0. The molecule has 5 aromatic rings. The van der Waals surface area contributed by atoms with Gasteiger partial charge >= 0.3 is 6.18 Å². The molecule has 1 amide bonds. The summed E-state index contributed by atoms with van der Waals surface area (Å²) in [5.74, 6) is -0.843. The smallest absolute Gasteiger partial charge is 0.379 e. The predicted molar refractivity (Wildman–Crippen MR) is 166 cm³/mol. The summed E-state index contributed by atoms with van der Waals surface area (Å²) in [7, 11) is 1.27. The van der Waals surface area contributed by atoms with Crippen LogP contribution in [0, 0.1) is 0 Å². The van der Waals surface area contributed by atoms with Crippen LogP contribution in [0.15, 0.2) is 78.0 Å². The van der Waals surface area contributed by atoms with E-state index in [0.29, 0.717) is 6.42 Å². The number of halogens is 3. The highest BCUT2D eigenvalue weighted by molar-refractivity contribution is 5.96. The first-order valence-electron chi connectivity index (χ1n) is 14.9. The van der Waals surface area contributed by atoms with Crippen LogP contribution in [0.2, 0.25) is 0 Å². The van der Waals surface area contributed by atoms with Crippen molar-refractivity contribution in [2.24, 2.45) is 0 Å². The molecule has 3 aromatic heterocycles. The van der Waals surface area contributed by atoms with Crippen molar-refractivity contribution >= 4 is 16.8 Å². The molecule has 1 saturated heterocycles. The Balaban J connectivity index is 1.17. The van der Waals surface area contributed by atoms with Gasteiger partial charge < -0.3 is 10.1 Å². The number of pyridine rings is 1. The number of hydrogen-bond acceptors (Lipinski definition) is 7. The highest BCUT2D eigenvalue weighted by Gasteiger charge is 2.35. The summed E-state index contributed by atoms with van der Waals surface area (Å²) in [5, 5.41) is 12.0. The fourth-order valence-corrected chi connectivity index (χ4v) is 5.47. The minimum atomic E-state index is -4.75. The van der Waals surface area contributed by atoms with Gasteiger partial charge in [0.05, 0.1) is 48.3 Å². The van der Waals surface area contributed by atoms with Crippen LogP contribution in [0.1, 0.15) is 21.5 Å². The standard InChI is InChI=1S/C33H32F3N7O3/c1-37-32(45)27-4-3-23(18-28(27)33(34,35)36)30-6-7-31(44)43(40-30)9-8-22-2-5-29-24(16-22)17-25(19-38-29)26-20-39-42(21-26)11-10-41-12-14-46-15-13-41/h2-7,16-21H,8-15H2,1H3,(H,37,45). The monoisotopic (exact) mass is 631 g/mol. The van der Waals surface area contributed by atoms with Crippen molar-refractivity contribution in [1.29, 1.82) is 0 Å².